The van der Waals surface area contributed by atoms with Crippen LogP contribution in [0.5, 0.6) is 0 Å². The summed E-state index contributed by atoms with van der Waals surface area (Å²) in [7, 11) is 3.61. The molecule has 0 aliphatic heterocycles. The molecule has 6 heteroatoms. The van der Waals surface area contributed by atoms with Crippen LogP contribution in [0.15, 0.2) is 0 Å². The number of nitrogens with zero attached hydrogens (tertiary/aromatic N) is 1. The first kappa shape index (κ1) is 18.6. The van der Waals surface area contributed by atoms with Gasteiger partial charge in [-0.3, -0.25) is 14.4 Å². The SMILES string of the molecule is CCOC(=O)C1(C(=O)OCC)CC(C)(C)C(=O)C1CN(C)C. The van der Waals surface area contributed by atoms with Crippen molar-refractivity contribution in [1.82, 2.24) is 4.90 Å². The van der Waals surface area contributed by atoms with E-state index < -0.39 is 28.7 Å². The van der Waals surface area contributed by atoms with Crippen molar-refractivity contribution in [2.75, 3.05) is 33.9 Å². The van der Waals surface area contributed by atoms with Crippen molar-refractivity contribution in [2.24, 2.45) is 16.7 Å². The summed E-state index contributed by atoms with van der Waals surface area (Å²) in [5, 5.41) is 0. The highest BCUT2D eigenvalue weighted by Gasteiger charge is 2.66. The number of esters is 2. The fourth-order valence-corrected chi connectivity index (χ4v) is 3.24. The maximum absolute atomic E-state index is 12.8. The van der Waals surface area contributed by atoms with E-state index in [2.05, 4.69) is 0 Å². The van der Waals surface area contributed by atoms with Crippen molar-refractivity contribution in [3.63, 3.8) is 0 Å². The molecule has 0 saturated heterocycles. The van der Waals surface area contributed by atoms with E-state index in [1.54, 1.807) is 46.7 Å². The summed E-state index contributed by atoms with van der Waals surface area (Å²) in [6.45, 7) is 7.50. The molecule has 22 heavy (non-hydrogen) atoms. The van der Waals surface area contributed by atoms with Gasteiger partial charge < -0.3 is 14.4 Å². The second-order valence-electron chi connectivity index (χ2n) is 6.65. The van der Waals surface area contributed by atoms with Gasteiger partial charge in [0.2, 0.25) is 0 Å². The lowest BCUT2D eigenvalue weighted by Gasteiger charge is -2.31. The molecule has 1 atom stereocenters. The summed E-state index contributed by atoms with van der Waals surface area (Å²) in [4.78, 5) is 39.8. The van der Waals surface area contributed by atoms with Crippen molar-refractivity contribution >= 4 is 17.7 Å². The van der Waals surface area contributed by atoms with E-state index >= 15 is 0 Å². The number of carbonyl (C=O) groups is 3. The number of rotatable bonds is 6. The molecule has 0 aromatic rings. The Bertz CT molecular complexity index is 437. The monoisotopic (exact) mass is 313 g/mol. The maximum Gasteiger partial charge on any atom is 0.324 e. The lowest BCUT2D eigenvalue weighted by Crippen LogP contribution is -2.49. The summed E-state index contributed by atoms with van der Waals surface area (Å²) < 4.78 is 10.3. The molecule has 0 amide bonds. The highest BCUT2D eigenvalue weighted by Crippen LogP contribution is 2.52. The first-order valence-corrected chi connectivity index (χ1v) is 7.67. The van der Waals surface area contributed by atoms with E-state index in [4.69, 9.17) is 9.47 Å². The van der Waals surface area contributed by atoms with Crippen LogP contribution in [-0.4, -0.2) is 56.5 Å². The van der Waals surface area contributed by atoms with Gasteiger partial charge in [0.25, 0.3) is 0 Å². The van der Waals surface area contributed by atoms with Gasteiger partial charge in [-0.15, -0.1) is 0 Å². The van der Waals surface area contributed by atoms with Crippen LogP contribution >= 0.6 is 0 Å². The van der Waals surface area contributed by atoms with Crippen molar-refractivity contribution in [3.8, 4) is 0 Å². The molecule has 0 N–H and O–H groups in total. The van der Waals surface area contributed by atoms with Crippen LogP contribution in [0.1, 0.15) is 34.1 Å². The highest BCUT2D eigenvalue weighted by molar-refractivity contribution is 6.09. The summed E-state index contributed by atoms with van der Waals surface area (Å²) in [6.07, 6.45) is 0.120. The Morgan fingerprint density at radius 3 is 1.95 bits per heavy atom. The van der Waals surface area contributed by atoms with E-state index in [1.165, 1.54) is 0 Å². The molecule has 6 nitrogen and oxygen atoms in total. The van der Waals surface area contributed by atoms with Crippen LogP contribution < -0.4 is 0 Å². The first-order valence-electron chi connectivity index (χ1n) is 7.67. The van der Waals surface area contributed by atoms with Crippen LogP contribution in [0.4, 0.5) is 0 Å². The van der Waals surface area contributed by atoms with Gasteiger partial charge in [-0.25, -0.2) is 0 Å². The topological polar surface area (TPSA) is 72.9 Å². The van der Waals surface area contributed by atoms with E-state index in [-0.39, 0.29) is 25.4 Å². The van der Waals surface area contributed by atoms with E-state index in [0.717, 1.165) is 0 Å². The Hall–Kier alpha value is -1.43. The molecule has 0 radical (unpaired) electrons. The van der Waals surface area contributed by atoms with Gasteiger partial charge in [-0.1, -0.05) is 13.8 Å². The Balaban J connectivity index is 3.39. The smallest absolute Gasteiger partial charge is 0.324 e. The van der Waals surface area contributed by atoms with Crippen molar-refractivity contribution in [3.05, 3.63) is 0 Å². The summed E-state index contributed by atoms with van der Waals surface area (Å²) in [5.74, 6) is -2.16. The fraction of sp³-hybridized carbons (Fsp3) is 0.812. The zero-order valence-electron chi connectivity index (χ0n) is 14.4. The fourth-order valence-electron chi connectivity index (χ4n) is 3.24. The molecule has 0 aromatic carbocycles. The lowest BCUT2D eigenvalue weighted by atomic mass is 9.76. The van der Waals surface area contributed by atoms with Gasteiger partial charge in [0.05, 0.1) is 19.1 Å². The first-order chi connectivity index (χ1) is 10.1. The summed E-state index contributed by atoms with van der Waals surface area (Å²) in [6, 6.07) is 0. The molecule has 1 aliphatic rings. The van der Waals surface area contributed by atoms with Crippen molar-refractivity contribution in [2.45, 2.75) is 34.1 Å². The summed E-state index contributed by atoms with van der Waals surface area (Å²) in [5.41, 5.74) is -2.31. The molecular weight excluding hydrogens is 286 g/mol. The van der Waals surface area contributed by atoms with E-state index in [1.807, 2.05) is 0 Å². The van der Waals surface area contributed by atoms with Crippen LogP contribution in [0.2, 0.25) is 0 Å². The Morgan fingerprint density at radius 1 is 1.14 bits per heavy atom. The second kappa shape index (κ2) is 6.77. The predicted molar refractivity (Wildman–Crippen MR) is 81.1 cm³/mol. The quantitative estimate of drug-likeness (QED) is 0.543. The third-order valence-electron chi connectivity index (χ3n) is 4.13. The number of Topliss-reactive ketones (excluding diaryl/α,β-unsaturated/α-hetero) is 1. The molecule has 0 aromatic heterocycles. The Kier molecular flexibility index (Phi) is 5.73. The Labute approximate surface area is 132 Å². The predicted octanol–water partition coefficient (Wildman–Crippen LogP) is 1.28. The van der Waals surface area contributed by atoms with Crippen LogP contribution in [0.25, 0.3) is 0 Å². The third kappa shape index (κ3) is 3.16. The molecule has 1 fully saturated rings. The Morgan fingerprint density at radius 2 is 1.59 bits per heavy atom. The molecule has 0 bridgehead atoms. The molecule has 1 aliphatic carbocycles. The van der Waals surface area contributed by atoms with Gasteiger partial charge in [0.15, 0.2) is 5.41 Å². The van der Waals surface area contributed by atoms with Gasteiger partial charge in [-0.05, 0) is 34.4 Å². The normalized spacial score (nSPS) is 22.7. The zero-order valence-corrected chi connectivity index (χ0v) is 14.4. The number of ketones is 1. The minimum atomic E-state index is -1.54. The number of hydrogen-bond donors (Lipinski definition) is 0. The molecule has 0 heterocycles. The average Bonchev–Trinajstić information content (AvgIpc) is 2.60. The molecule has 1 rings (SSSR count). The van der Waals surface area contributed by atoms with Gasteiger partial charge >= 0.3 is 11.9 Å². The van der Waals surface area contributed by atoms with Crippen molar-refractivity contribution < 1.29 is 23.9 Å². The zero-order chi connectivity index (χ0) is 17.1. The van der Waals surface area contributed by atoms with Gasteiger partial charge in [0.1, 0.15) is 5.78 Å². The second-order valence-corrected chi connectivity index (χ2v) is 6.65. The van der Waals surface area contributed by atoms with E-state index in [9.17, 15) is 14.4 Å². The minimum absolute atomic E-state index is 0.0951. The van der Waals surface area contributed by atoms with Gasteiger partial charge in [-0.2, -0.15) is 0 Å². The van der Waals surface area contributed by atoms with Crippen molar-refractivity contribution in [1.29, 1.82) is 0 Å². The van der Waals surface area contributed by atoms with Crippen LogP contribution in [0.3, 0.4) is 0 Å². The lowest BCUT2D eigenvalue weighted by molar-refractivity contribution is -0.176. The number of hydrogen-bond acceptors (Lipinski definition) is 6. The third-order valence-corrected chi connectivity index (χ3v) is 4.13. The van der Waals surface area contributed by atoms with Gasteiger partial charge in [0, 0.05) is 12.0 Å². The molecule has 1 saturated carbocycles. The molecule has 1 unspecified atom stereocenters. The molecular formula is C16H27NO5. The van der Waals surface area contributed by atoms with E-state index in [0.29, 0.717) is 6.54 Å². The summed E-state index contributed by atoms with van der Waals surface area (Å²) >= 11 is 0. The van der Waals surface area contributed by atoms with Crippen LogP contribution in [0, 0.1) is 16.7 Å². The highest BCUT2D eigenvalue weighted by atomic mass is 16.6. The number of carbonyl (C=O) groups excluding carboxylic acids is 3. The minimum Gasteiger partial charge on any atom is -0.465 e. The maximum atomic E-state index is 12.8. The van der Waals surface area contributed by atoms with Crippen LogP contribution in [-0.2, 0) is 23.9 Å². The largest absolute Gasteiger partial charge is 0.465 e. The average molecular weight is 313 g/mol. The molecule has 126 valence electrons. The molecule has 0 spiro atoms. The standard InChI is InChI=1S/C16H27NO5/c1-7-21-13(19)16(14(20)22-8-2)10-15(3,4)12(18)11(16)9-17(5)6/h11H,7-10H2,1-6H3. The number of ether oxygens (including phenoxy) is 2.